The van der Waals surface area contributed by atoms with E-state index in [0.717, 1.165) is 39.3 Å². The van der Waals surface area contributed by atoms with Crippen molar-refractivity contribution in [2.45, 2.75) is 0 Å². The molecule has 2 nitrogen and oxygen atoms in total. The van der Waals surface area contributed by atoms with E-state index in [1.165, 1.54) is 0 Å². The maximum atomic E-state index is 5.21. The van der Waals surface area contributed by atoms with E-state index in [9.17, 15) is 0 Å². The van der Waals surface area contributed by atoms with E-state index in [0.29, 0.717) is 0 Å². The third kappa shape index (κ3) is 3.21. The van der Waals surface area contributed by atoms with Gasteiger partial charge in [-0.25, -0.2) is 0 Å². The molecule has 0 aliphatic rings. The second-order valence-electron chi connectivity index (χ2n) is 5.33. The van der Waals surface area contributed by atoms with Gasteiger partial charge >= 0.3 is 0 Å². The average molecular weight is 303 g/mol. The third-order valence-corrected chi connectivity index (χ3v) is 3.93. The molecule has 0 unspecified atom stereocenters. The van der Waals surface area contributed by atoms with Crippen molar-refractivity contribution in [1.29, 1.82) is 0 Å². The highest BCUT2D eigenvalue weighted by atomic mass is 16.5. The molecule has 0 heterocycles. The Balaban J connectivity index is 1.92. The summed E-state index contributed by atoms with van der Waals surface area (Å²) >= 11 is 0. The van der Waals surface area contributed by atoms with Crippen LogP contribution in [0.3, 0.4) is 0 Å². The first-order valence-corrected chi connectivity index (χ1v) is 7.46. The van der Waals surface area contributed by atoms with Crippen LogP contribution >= 0.6 is 0 Å². The molecule has 0 aliphatic heterocycles. The average Bonchev–Trinajstić information content (AvgIpc) is 2.62. The number of hydrogen-bond acceptors (Lipinski definition) is 2. The van der Waals surface area contributed by atoms with E-state index >= 15 is 0 Å². The summed E-state index contributed by atoms with van der Waals surface area (Å²) in [6.07, 6.45) is 0. The number of ether oxygens (including phenoxy) is 2. The molecule has 0 N–H and O–H groups in total. The number of rotatable bonds is 4. The van der Waals surface area contributed by atoms with Crippen LogP contribution in [0.25, 0.3) is 22.3 Å². The van der Waals surface area contributed by atoms with Gasteiger partial charge in [0.15, 0.2) is 0 Å². The van der Waals surface area contributed by atoms with Gasteiger partial charge in [-0.3, -0.25) is 0 Å². The summed E-state index contributed by atoms with van der Waals surface area (Å²) < 4.78 is 10.4. The molecule has 0 aliphatic carbocycles. The molecule has 0 spiro atoms. The Bertz CT molecular complexity index is 787. The quantitative estimate of drug-likeness (QED) is 0.658. The summed E-state index contributed by atoms with van der Waals surface area (Å²) in [6, 6.07) is 22.4. The van der Waals surface area contributed by atoms with Crippen LogP contribution in [0.15, 0.2) is 66.7 Å². The summed E-state index contributed by atoms with van der Waals surface area (Å²) in [6.45, 7) is 4.20. The first-order chi connectivity index (χ1) is 11.2. The number of methoxy groups -OCH3 is 2. The molecule has 3 aromatic carbocycles. The van der Waals surface area contributed by atoms with Crippen LogP contribution in [0.1, 0.15) is 5.56 Å². The van der Waals surface area contributed by atoms with E-state index in [4.69, 9.17) is 9.47 Å². The molecule has 2 heteroatoms. The molecule has 0 bridgehead atoms. The lowest BCUT2D eigenvalue weighted by molar-refractivity contribution is 0.415. The van der Waals surface area contributed by atoms with Crippen molar-refractivity contribution in [2.24, 2.45) is 0 Å². The summed E-state index contributed by atoms with van der Waals surface area (Å²) in [7, 11) is 3.35. The SMILES string of the molecule is [CH2]c1cc(-c2ccc(OC)cc2)ccc1-c1ccc(OC)cc1. The van der Waals surface area contributed by atoms with Crippen LogP contribution in [0, 0.1) is 6.92 Å². The predicted molar refractivity (Wildman–Crippen MR) is 94.9 cm³/mol. The lowest BCUT2D eigenvalue weighted by Crippen LogP contribution is -1.87. The van der Waals surface area contributed by atoms with Crippen molar-refractivity contribution in [2.75, 3.05) is 14.2 Å². The molecule has 3 rings (SSSR count). The Morgan fingerprint density at radius 2 is 1.09 bits per heavy atom. The molecule has 0 saturated carbocycles. The molecular formula is C21H19O2. The zero-order chi connectivity index (χ0) is 16.2. The zero-order valence-corrected chi connectivity index (χ0v) is 13.4. The number of benzene rings is 3. The highest BCUT2D eigenvalue weighted by molar-refractivity contribution is 5.74. The Morgan fingerprint density at radius 3 is 1.57 bits per heavy atom. The molecule has 0 amide bonds. The predicted octanol–water partition coefficient (Wildman–Crippen LogP) is 5.22. The smallest absolute Gasteiger partial charge is 0.118 e. The molecule has 1 radical (unpaired) electrons. The van der Waals surface area contributed by atoms with Gasteiger partial charge in [0, 0.05) is 0 Å². The van der Waals surface area contributed by atoms with Crippen LogP contribution in [0.2, 0.25) is 0 Å². The minimum Gasteiger partial charge on any atom is -0.497 e. The Labute approximate surface area is 137 Å². The first-order valence-electron chi connectivity index (χ1n) is 7.46. The largest absolute Gasteiger partial charge is 0.497 e. The van der Waals surface area contributed by atoms with E-state index in [2.05, 4.69) is 49.4 Å². The van der Waals surface area contributed by atoms with Gasteiger partial charge in [0.25, 0.3) is 0 Å². The molecule has 0 fully saturated rings. The molecule has 3 aromatic rings. The Hall–Kier alpha value is -2.74. The third-order valence-electron chi connectivity index (χ3n) is 3.93. The van der Waals surface area contributed by atoms with Gasteiger partial charge in [0.2, 0.25) is 0 Å². The van der Waals surface area contributed by atoms with Crippen LogP contribution in [-0.2, 0) is 0 Å². The Morgan fingerprint density at radius 1 is 0.609 bits per heavy atom. The maximum absolute atomic E-state index is 5.21. The lowest BCUT2D eigenvalue weighted by atomic mass is 9.96. The fourth-order valence-electron chi connectivity index (χ4n) is 2.61. The highest BCUT2D eigenvalue weighted by Crippen LogP contribution is 2.30. The van der Waals surface area contributed by atoms with Gasteiger partial charge in [0.05, 0.1) is 14.2 Å². The van der Waals surface area contributed by atoms with Gasteiger partial charge < -0.3 is 9.47 Å². The van der Waals surface area contributed by atoms with Gasteiger partial charge in [-0.15, -0.1) is 0 Å². The minimum absolute atomic E-state index is 0.856. The summed E-state index contributed by atoms with van der Waals surface area (Å²) in [5, 5.41) is 0. The van der Waals surface area contributed by atoms with Crippen molar-refractivity contribution in [1.82, 2.24) is 0 Å². The molecule has 0 aromatic heterocycles. The molecule has 0 saturated heterocycles. The second-order valence-corrected chi connectivity index (χ2v) is 5.33. The van der Waals surface area contributed by atoms with E-state index < -0.39 is 0 Å². The van der Waals surface area contributed by atoms with E-state index in [1.54, 1.807) is 14.2 Å². The van der Waals surface area contributed by atoms with E-state index in [-0.39, 0.29) is 0 Å². The fraction of sp³-hybridized carbons (Fsp3) is 0.0952. The fourth-order valence-corrected chi connectivity index (χ4v) is 2.61. The van der Waals surface area contributed by atoms with Gasteiger partial charge in [0.1, 0.15) is 11.5 Å². The monoisotopic (exact) mass is 303 g/mol. The molecule has 23 heavy (non-hydrogen) atoms. The Kier molecular flexibility index (Phi) is 4.33. The minimum atomic E-state index is 0.856. The summed E-state index contributed by atoms with van der Waals surface area (Å²) in [5.41, 5.74) is 5.57. The van der Waals surface area contributed by atoms with Crippen molar-refractivity contribution < 1.29 is 9.47 Å². The van der Waals surface area contributed by atoms with Gasteiger partial charge in [-0.1, -0.05) is 42.5 Å². The van der Waals surface area contributed by atoms with Gasteiger partial charge in [-0.2, -0.15) is 0 Å². The highest BCUT2D eigenvalue weighted by Gasteiger charge is 2.05. The molecule has 0 atom stereocenters. The molecule has 115 valence electrons. The topological polar surface area (TPSA) is 18.5 Å². The lowest BCUT2D eigenvalue weighted by Gasteiger charge is -2.10. The first kappa shape index (κ1) is 15.2. The van der Waals surface area contributed by atoms with Crippen LogP contribution in [0.4, 0.5) is 0 Å². The normalized spacial score (nSPS) is 10.4. The van der Waals surface area contributed by atoms with Crippen molar-refractivity contribution >= 4 is 0 Å². The van der Waals surface area contributed by atoms with Gasteiger partial charge in [-0.05, 0) is 59.0 Å². The van der Waals surface area contributed by atoms with Crippen LogP contribution < -0.4 is 9.47 Å². The maximum Gasteiger partial charge on any atom is 0.118 e. The zero-order valence-electron chi connectivity index (χ0n) is 13.4. The van der Waals surface area contributed by atoms with E-state index in [1.807, 2.05) is 24.3 Å². The van der Waals surface area contributed by atoms with Crippen molar-refractivity contribution in [3.63, 3.8) is 0 Å². The number of hydrogen-bond donors (Lipinski definition) is 0. The summed E-state index contributed by atoms with van der Waals surface area (Å²) in [5.74, 6) is 1.72. The standard InChI is InChI=1S/C21H19O2/c1-15-14-18(16-4-9-19(22-2)10-5-16)8-13-21(15)17-6-11-20(23-3)12-7-17/h4-14H,1H2,2-3H3. The molecular weight excluding hydrogens is 284 g/mol. The van der Waals surface area contributed by atoms with Crippen LogP contribution in [-0.4, -0.2) is 14.2 Å². The van der Waals surface area contributed by atoms with Crippen molar-refractivity contribution in [3.8, 4) is 33.8 Å². The van der Waals surface area contributed by atoms with Crippen molar-refractivity contribution in [3.05, 3.63) is 79.2 Å². The summed E-state index contributed by atoms with van der Waals surface area (Å²) in [4.78, 5) is 0. The second kappa shape index (κ2) is 6.57. The van der Waals surface area contributed by atoms with Crippen LogP contribution in [0.5, 0.6) is 11.5 Å².